The highest BCUT2D eigenvalue weighted by Gasteiger charge is 2.35. The molecule has 1 heterocycles. The average molecular weight is 305 g/mol. The van der Waals surface area contributed by atoms with E-state index in [4.69, 9.17) is 0 Å². The van der Waals surface area contributed by atoms with Crippen LogP contribution in [0.5, 0.6) is 0 Å². The molecule has 1 fully saturated rings. The Morgan fingerprint density at radius 1 is 1.19 bits per heavy atom. The molecule has 1 aromatic rings. The Morgan fingerprint density at radius 2 is 2.00 bits per heavy atom. The van der Waals surface area contributed by atoms with Crippen molar-refractivity contribution >= 4 is 17.4 Å². The fourth-order valence-electron chi connectivity index (χ4n) is 3.92. The van der Waals surface area contributed by atoms with E-state index >= 15 is 0 Å². The smallest absolute Gasteiger partial charge is 0.0412 e. The number of thioether (sulfide) groups is 1. The van der Waals surface area contributed by atoms with E-state index in [1.165, 1.54) is 68.6 Å². The van der Waals surface area contributed by atoms with Crippen LogP contribution in [0.4, 0.5) is 5.69 Å². The maximum absolute atomic E-state index is 3.93. The first-order chi connectivity index (χ1) is 10.3. The summed E-state index contributed by atoms with van der Waals surface area (Å²) in [5.74, 6) is 1.26. The van der Waals surface area contributed by atoms with Crippen molar-refractivity contribution in [3.8, 4) is 0 Å². The van der Waals surface area contributed by atoms with E-state index in [-0.39, 0.29) is 0 Å². The van der Waals surface area contributed by atoms with Crippen molar-refractivity contribution in [3.05, 3.63) is 29.8 Å². The molecule has 0 unspecified atom stereocenters. The lowest BCUT2D eigenvalue weighted by molar-refractivity contribution is 0.236. The van der Waals surface area contributed by atoms with Crippen LogP contribution in [-0.4, -0.2) is 30.6 Å². The zero-order valence-electron chi connectivity index (χ0n) is 13.2. The monoisotopic (exact) mass is 304 g/mol. The van der Waals surface area contributed by atoms with Crippen LogP contribution in [0.2, 0.25) is 0 Å². The molecule has 0 saturated heterocycles. The van der Waals surface area contributed by atoms with Crippen LogP contribution < -0.4 is 10.2 Å². The molecule has 2 nitrogen and oxygen atoms in total. The molecule has 0 aromatic heterocycles. The summed E-state index contributed by atoms with van der Waals surface area (Å²) in [7, 11) is 0. The normalized spacial score (nSPS) is 21.1. The molecular formula is C18H28N2S. The number of hydrogen-bond donors (Lipinski definition) is 1. The van der Waals surface area contributed by atoms with Crippen molar-refractivity contribution in [1.29, 1.82) is 0 Å². The van der Waals surface area contributed by atoms with Crippen LogP contribution in [-0.2, 0) is 6.54 Å². The van der Waals surface area contributed by atoms with E-state index in [0.717, 1.165) is 6.54 Å². The number of fused-ring (bicyclic) bond motifs is 1. The number of rotatable bonds is 4. The molecule has 1 aliphatic heterocycles. The van der Waals surface area contributed by atoms with Gasteiger partial charge >= 0.3 is 0 Å². The molecule has 3 rings (SSSR count). The predicted molar refractivity (Wildman–Crippen MR) is 94.3 cm³/mol. The lowest BCUT2D eigenvalue weighted by Crippen LogP contribution is -2.53. The summed E-state index contributed by atoms with van der Waals surface area (Å²) in [5.41, 5.74) is 3.30. The van der Waals surface area contributed by atoms with E-state index in [9.17, 15) is 0 Å². The predicted octanol–water partition coefficient (Wildman–Crippen LogP) is 4.05. The van der Waals surface area contributed by atoms with Crippen molar-refractivity contribution in [1.82, 2.24) is 5.32 Å². The average Bonchev–Trinajstić information content (AvgIpc) is 2.67. The molecule has 1 aliphatic carbocycles. The highest BCUT2D eigenvalue weighted by atomic mass is 32.2. The molecule has 3 heteroatoms. The van der Waals surface area contributed by atoms with Crippen molar-refractivity contribution < 1.29 is 0 Å². The second kappa shape index (κ2) is 7.06. The standard InChI is InChI=1S/C18H28N2S/c1-21-13-7-12-20-15-18(10-5-2-6-11-18)19-14-16-8-3-4-9-17(16)20/h3-4,8-9,19H,2,5-7,10-15H2,1H3. The quantitative estimate of drug-likeness (QED) is 0.845. The fourth-order valence-corrected chi connectivity index (χ4v) is 4.34. The Hall–Kier alpha value is -0.670. The Kier molecular flexibility index (Phi) is 5.12. The SMILES string of the molecule is CSCCCN1CC2(CCCCC2)NCc2ccccc21. The van der Waals surface area contributed by atoms with Gasteiger partial charge < -0.3 is 10.2 Å². The summed E-state index contributed by atoms with van der Waals surface area (Å²) < 4.78 is 0. The molecule has 1 saturated carbocycles. The molecule has 0 amide bonds. The van der Waals surface area contributed by atoms with Gasteiger partial charge in [-0.15, -0.1) is 0 Å². The van der Waals surface area contributed by atoms with Gasteiger partial charge in [-0.3, -0.25) is 0 Å². The number of anilines is 1. The minimum absolute atomic E-state index is 0.358. The minimum Gasteiger partial charge on any atom is -0.369 e. The van der Waals surface area contributed by atoms with E-state index in [0.29, 0.717) is 5.54 Å². The molecule has 0 atom stereocenters. The Labute approximate surface area is 133 Å². The first-order valence-electron chi connectivity index (χ1n) is 8.40. The summed E-state index contributed by atoms with van der Waals surface area (Å²) in [6.45, 7) is 3.43. The van der Waals surface area contributed by atoms with Crippen LogP contribution in [0.3, 0.4) is 0 Å². The highest BCUT2D eigenvalue weighted by molar-refractivity contribution is 7.98. The van der Waals surface area contributed by atoms with Gasteiger partial charge in [0.2, 0.25) is 0 Å². The molecule has 0 bridgehead atoms. The number of nitrogens with zero attached hydrogens (tertiary/aromatic N) is 1. The van der Waals surface area contributed by atoms with E-state index in [1.807, 2.05) is 11.8 Å². The summed E-state index contributed by atoms with van der Waals surface area (Å²) >= 11 is 1.96. The van der Waals surface area contributed by atoms with E-state index in [1.54, 1.807) is 0 Å². The topological polar surface area (TPSA) is 15.3 Å². The maximum atomic E-state index is 3.93. The first-order valence-corrected chi connectivity index (χ1v) is 9.79. The van der Waals surface area contributed by atoms with Crippen LogP contribution in [0.1, 0.15) is 44.1 Å². The second-order valence-electron chi connectivity index (χ2n) is 6.59. The van der Waals surface area contributed by atoms with E-state index < -0.39 is 0 Å². The van der Waals surface area contributed by atoms with Crippen LogP contribution in [0, 0.1) is 0 Å². The zero-order valence-corrected chi connectivity index (χ0v) is 14.1. The number of hydrogen-bond acceptors (Lipinski definition) is 3. The minimum atomic E-state index is 0.358. The van der Waals surface area contributed by atoms with Gasteiger partial charge in [-0.25, -0.2) is 0 Å². The molecule has 1 aromatic carbocycles. The molecule has 116 valence electrons. The van der Waals surface area contributed by atoms with Gasteiger partial charge in [0.05, 0.1) is 0 Å². The Balaban J connectivity index is 1.81. The largest absolute Gasteiger partial charge is 0.369 e. The van der Waals surface area contributed by atoms with Crippen molar-refractivity contribution in [2.75, 3.05) is 30.0 Å². The van der Waals surface area contributed by atoms with Crippen LogP contribution in [0.15, 0.2) is 24.3 Å². The number of nitrogens with one attached hydrogen (secondary N) is 1. The Bertz CT molecular complexity index is 454. The van der Waals surface area contributed by atoms with Crippen LogP contribution in [0.25, 0.3) is 0 Å². The third-order valence-electron chi connectivity index (χ3n) is 5.07. The zero-order chi connectivity index (χ0) is 14.5. The third-order valence-corrected chi connectivity index (χ3v) is 5.76. The van der Waals surface area contributed by atoms with Gasteiger partial charge in [-0.1, -0.05) is 37.5 Å². The number of benzene rings is 1. The molecule has 1 N–H and O–H groups in total. The summed E-state index contributed by atoms with van der Waals surface area (Å²) in [6.07, 6.45) is 10.4. The molecular weight excluding hydrogens is 276 g/mol. The van der Waals surface area contributed by atoms with Gasteiger partial charge in [-0.05, 0) is 42.9 Å². The highest BCUT2D eigenvalue weighted by Crippen LogP contribution is 2.34. The molecule has 2 aliphatic rings. The Morgan fingerprint density at radius 3 is 2.81 bits per heavy atom. The van der Waals surface area contributed by atoms with Gasteiger partial charge in [0.15, 0.2) is 0 Å². The number of para-hydroxylation sites is 1. The fraction of sp³-hybridized carbons (Fsp3) is 0.667. The summed E-state index contributed by atoms with van der Waals surface area (Å²) in [5, 5.41) is 3.93. The maximum Gasteiger partial charge on any atom is 0.0412 e. The lowest BCUT2D eigenvalue weighted by atomic mass is 9.81. The summed E-state index contributed by atoms with van der Waals surface area (Å²) in [6, 6.07) is 8.99. The van der Waals surface area contributed by atoms with Crippen LogP contribution >= 0.6 is 11.8 Å². The summed E-state index contributed by atoms with van der Waals surface area (Å²) in [4.78, 5) is 2.66. The molecule has 1 spiro atoms. The van der Waals surface area contributed by atoms with Crippen molar-refractivity contribution in [3.63, 3.8) is 0 Å². The van der Waals surface area contributed by atoms with E-state index in [2.05, 4.69) is 40.7 Å². The van der Waals surface area contributed by atoms with Gasteiger partial charge in [-0.2, -0.15) is 11.8 Å². The van der Waals surface area contributed by atoms with Crippen molar-refractivity contribution in [2.45, 2.75) is 50.6 Å². The lowest BCUT2D eigenvalue weighted by Gasteiger charge is -2.40. The van der Waals surface area contributed by atoms with Gasteiger partial charge in [0.1, 0.15) is 0 Å². The molecule has 21 heavy (non-hydrogen) atoms. The van der Waals surface area contributed by atoms with Gasteiger partial charge in [0.25, 0.3) is 0 Å². The molecule has 0 radical (unpaired) electrons. The van der Waals surface area contributed by atoms with Gasteiger partial charge in [0, 0.05) is 30.9 Å². The van der Waals surface area contributed by atoms with Crippen molar-refractivity contribution in [2.24, 2.45) is 0 Å². The third kappa shape index (κ3) is 3.57. The first kappa shape index (κ1) is 15.2. The second-order valence-corrected chi connectivity index (χ2v) is 7.58.